The molecule has 2 N–H and O–H groups in total. The van der Waals surface area contributed by atoms with Gasteiger partial charge in [-0.15, -0.1) is 0 Å². The molecule has 0 saturated carbocycles. The molecule has 2 amide bonds. The standard InChI is InChI=1S/C28H42N4O6/c1-9-38-25(33)13-14-29-27(34)20(15-17(2)3)30-28(35)21-16-22(32(31-21)19(6)18(4)5)26-23(36-7)11-10-12-24(26)37-8/h10-12,16-20H,9,13-15H2,1-8H3,(H,29,34)(H,30,35). The van der Waals surface area contributed by atoms with Crippen molar-refractivity contribution in [2.24, 2.45) is 11.8 Å². The minimum Gasteiger partial charge on any atom is -0.496 e. The van der Waals surface area contributed by atoms with Gasteiger partial charge >= 0.3 is 5.97 Å². The molecule has 2 rings (SSSR count). The van der Waals surface area contributed by atoms with Gasteiger partial charge in [-0.3, -0.25) is 19.1 Å². The summed E-state index contributed by atoms with van der Waals surface area (Å²) in [6.07, 6.45) is 0.483. The summed E-state index contributed by atoms with van der Waals surface area (Å²) < 4.78 is 17.9. The van der Waals surface area contributed by atoms with Crippen LogP contribution >= 0.6 is 0 Å². The molecular formula is C28H42N4O6. The lowest BCUT2D eigenvalue weighted by Crippen LogP contribution is -2.48. The number of ether oxygens (including phenoxy) is 3. The Balaban J connectivity index is 2.38. The number of amides is 2. The SMILES string of the molecule is CCOC(=O)CCNC(=O)C(CC(C)C)NC(=O)c1cc(-c2c(OC)cccc2OC)n(C(C)C(C)C)n1. The summed E-state index contributed by atoms with van der Waals surface area (Å²) in [5.41, 5.74) is 1.53. The number of aromatic nitrogens is 2. The first-order chi connectivity index (χ1) is 18.0. The molecule has 2 aromatic rings. The number of benzene rings is 1. The Kier molecular flexibility index (Phi) is 11.6. The lowest BCUT2D eigenvalue weighted by molar-refractivity contribution is -0.143. The largest absolute Gasteiger partial charge is 0.496 e. The van der Waals surface area contributed by atoms with E-state index in [9.17, 15) is 14.4 Å². The number of nitrogens with one attached hydrogen (secondary N) is 2. The van der Waals surface area contributed by atoms with Gasteiger partial charge in [0.1, 0.15) is 17.5 Å². The van der Waals surface area contributed by atoms with Crippen molar-refractivity contribution in [3.63, 3.8) is 0 Å². The highest BCUT2D eigenvalue weighted by Gasteiger charge is 2.28. The second-order valence-electron chi connectivity index (χ2n) is 9.88. The fourth-order valence-corrected chi connectivity index (χ4v) is 3.97. The average molecular weight is 531 g/mol. The monoisotopic (exact) mass is 530 g/mol. The zero-order valence-electron chi connectivity index (χ0n) is 23.8. The van der Waals surface area contributed by atoms with Crippen LogP contribution in [0.25, 0.3) is 11.3 Å². The van der Waals surface area contributed by atoms with Crippen molar-refractivity contribution in [2.75, 3.05) is 27.4 Å². The highest BCUT2D eigenvalue weighted by Crippen LogP contribution is 2.40. The molecule has 10 nitrogen and oxygen atoms in total. The number of carbonyl (C=O) groups is 3. The molecule has 2 unspecified atom stereocenters. The van der Waals surface area contributed by atoms with Crippen molar-refractivity contribution < 1.29 is 28.6 Å². The molecule has 1 heterocycles. The van der Waals surface area contributed by atoms with Crippen LogP contribution in [0.15, 0.2) is 24.3 Å². The Morgan fingerprint density at radius 2 is 1.66 bits per heavy atom. The van der Waals surface area contributed by atoms with Gasteiger partial charge in [0, 0.05) is 6.54 Å². The Morgan fingerprint density at radius 3 is 2.18 bits per heavy atom. The summed E-state index contributed by atoms with van der Waals surface area (Å²) in [5.74, 6) is 0.326. The third-order valence-corrected chi connectivity index (χ3v) is 6.27. The Morgan fingerprint density at radius 1 is 1.03 bits per heavy atom. The second kappa shape index (κ2) is 14.4. The van der Waals surface area contributed by atoms with Crippen molar-refractivity contribution >= 4 is 17.8 Å². The van der Waals surface area contributed by atoms with Crippen LogP contribution in [0.2, 0.25) is 0 Å². The number of rotatable bonds is 14. The summed E-state index contributed by atoms with van der Waals surface area (Å²) in [6.45, 7) is 12.3. The number of carbonyl (C=O) groups excluding carboxylic acids is 3. The Labute approximate surface area is 225 Å². The summed E-state index contributed by atoms with van der Waals surface area (Å²) >= 11 is 0. The van der Waals surface area contributed by atoms with E-state index in [1.807, 2.05) is 39.0 Å². The first kappa shape index (κ1) is 30.7. The molecular weight excluding hydrogens is 488 g/mol. The predicted molar refractivity (Wildman–Crippen MR) is 145 cm³/mol. The first-order valence-corrected chi connectivity index (χ1v) is 13.1. The van der Waals surface area contributed by atoms with Gasteiger partial charge in [-0.25, -0.2) is 0 Å². The van der Waals surface area contributed by atoms with Crippen molar-refractivity contribution in [3.8, 4) is 22.8 Å². The third kappa shape index (κ3) is 7.97. The summed E-state index contributed by atoms with van der Waals surface area (Å²) in [4.78, 5) is 37.9. The summed E-state index contributed by atoms with van der Waals surface area (Å²) in [7, 11) is 3.16. The molecule has 0 bridgehead atoms. The van der Waals surface area contributed by atoms with E-state index < -0.39 is 11.9 Å². The fourth-order valence-electron chi connectivity index (χ4n) is 3.97. The molecule has 0 radical (unpaired) electrons. The fraction of sp³-hybridized carbons (Fsp3) is 0.571. The van der Waals surface area contributed by atoms with Crippen molar-refractivity contribution in [2.45, 2.75) is 66.5 Å². The highest BCUT2D eigenvalue weighted by atomic mass is 16.5. The van der Waals surface area contributed by atoms with Gasteiger partial charge in [-0.2, -0.15) is 5.10 Å². The van der Waals surface area contributed by atoms with E-state index in [1.165, 1.54) is 0 Å². The summed E-state index contributed by atoms with van der Waals surface area (Å²) in [5, 5.41) is 10.2. The maximum Gasteiger partial charge on any atom is 0.307 e. The number of hydrogen-bond donors (Lipinski definition) is 2. The molecule has 0 aliphatic carbocycles. The Hall–Kier alpha value is -3.56. The molecule has 1 aromatic carbocycles. The number of nitrogens with zero attached hydrogens (tertiary/aromatic N) is 2. The van der Waals surface area contributed by atoms with Gasteiger partial charge < -0.3 is 24.8 Å². The normalized spacial score (nSPS) is 12.7. The minimum atomic E-state index is -0.790. The van der Waals surface area contributed by atoms with E-state index in [1.54, 1.807) is 31.9 Å². The molecule has 0 saturated heterocycles. The molecule has 0 aliphatic heterocycles. The average Bonchev–Trinajstić information content (AvgIpc) is 3.32. The number of methoxy groups -OCH3 is 2. The van der Waals surface area contributed by atoms with Gasteiger partial charge in [0.25, 0.3) is 5.91 Å². The van der Waals surface area contributed by atoms with Crippen LogP contribution in [0.4, 0.5) is 0 Å². The zero-order valence-corrected chi connectivity index (χ0v) is 23.8. The van der Waals surface area contributed by atoms with Crippen LogP contribution in [0.3, 0.4) is 0 Å². The maximum absolute atomic E-state index is 13.4. The van der Waals surface area contributed by atoms with Crippen molar-refractivity contribution in [1.29, 1.82) is 0 Å². The van der Waals surface area contributed by atoms with Crippen molar-refractivity contribution in [3.05, 3.63) is 30.0 Å². The second-order valence-corrected chi connectivity index (χ2v) is 9.88. The third-order valence-electron chi connectivity index (χ3n) is 6.27. The van der Waals surface area contributed by atoms with Gasteiger partial charge in [-0.05, 0) is 50.3 Å². The topological polar surface area (TPSA) is 121 Å². The van der Waals surface area contributed by atoms with Gasteiger partial charge in [0.15, 0.2) is 5.69 Å². The zero-order chi connectivity index (χ0) is 28.4. The van der Waals surface area contributed by atoms with Crippen LogP contribution in [0.1, 0.15) is 70.9 Å². The minimum absolute atomic E-state index is 0.0428. The molecule has 0 spiro atoms. The lowest BCUT2D eigenvalue weighted by Gasteiger charge is -2.21. The van der Waals surface area contributed by atoms with Crippen LogP contribution < -0.4 is 20.1 Å². The van der Waals surface area contributed by atoms with Gasteiger partial charge in [0.2, 0.25) is 5.91 Å². The van der Waals surface area contributed by atoms with Crippen LogP contribution in [-0.2, 0) is 14.3 Å². The van der Waals surface area contributed by atoms with E-state index >= 15 is 0 Å². The Bertz CT molecular complexity index is 1070. The lowest BCUT2D eigenvalue weighted by atomic mass is 10.0. The number of esters is 1. The molecule has 38 heavy (non-hydrogen) atoms. The molecule has 0 aliphatic rings. The van der Waals surface area contributed by atoms with Crippen molar-refractivity contribution in [1.82, 2.24) is 20.4 Å². The van der Waals surface area contributed by atoms with E-state index in [-0.39, 0.29) is 55.0 Å². The smallest absolute Gasteiger partial charge is 0.307 e. The predicted octanol–water partition coefficient (Wildman–Crippen LogP) is 4.00. The molecule has 210 valence electrons. The number of hydrogen-bond acceptors (Lipinski definition) is 7. The van der Waals surface area contributed by atoms with Crippen LogP contribution in [-0.4, -0.2) is 61.0 Å². The molecule has 1 aromatic heterocycles. The van der Waals surface area contributed by atoms with E-state index in [2.05, 4.69) is 29.6 Å². The van der Waals surface area contributed by atoms with E-state index in [4.69, 9.17) is 14.2 Å². The first-order valence-electron chi connectivity index (χ1n) is 13.1. The quantitative estimate of drug-likeness (QED) is 0.354. The summed E-state index contributed by atoms with van der Waals surface area (Å²) in [6, 6.07) is 6.35. The molecule has 0 fully saturated rings. The van der Waals surface area contributed by atoms with Gasteiger partial charge in [0.05, 0.1) is 44.5 Å². The van der Waals surface area contributed by atoms with Gasteiger partial charge in [-0.1, -0.05) is 33.8 Å². The highest BCUT2D eigenvalue weighted by molar-refractivity contribution is 5.97. The van der Waals surface area contributed by atoms with Crippen LogP contribution in [0.5, 0.6) is 11.5 Å². The van der Waals surface area contributed by atoms with Crippen LogP contribution in [0, 0.1) is 11.8 Å². The molecule has 10 heteroatoms. The van der Waals surface area contributed by atoms with E-state index in [0.717, 1.165) is 0 Å². The van der Waals surface area contributed by atoms with E-state index in [0.29, 0.717) is 29.2 Å². The maximum atomic E-state index is 13.4. The molecule has 2 atom stereocenters.